The molecule has 166 valence electrons. The summed E-state index contributed by atoms with van der Waals surface area (Å²) < 4.78 is 26.2. The molecule has 2 aliphatic rings. The zero-order chi connectivity index (χ0) is 22.6. The number of phenolic OH excluding ortho intramolecular Hbond substituents is 1. The van der Waals surface area contributed by atoms with Gasteiger partial charge in [0.15, 0.2) is 11.5 Å². The van der Waals surface area contributed by atoms with Crippen LogP contribution in [0.2, 0.25) is 5.02 Å². The van der Waals surface area contributed by atoms with Gasteiger partial charge in [-0.3, -0.25) is 0 Å². The van der Waals surface area contributed by atoms with Crippen LogP contribution in [0, 0.1) is 5.82 Å². The number of carbonyl (C=O) groups is 1. The topological polar surface area (TPSA) is 95.4 Å². The second-order valence-corrected chi connectivity index (χ2v) is 8.06. The number of methoxy groups -OCH3 is 1. The molecule has 2 aliphatic heterocycles. The van der Waals surface area contributed by atoms with Gasteiger partial charge in [0, 0.05) is 25.0 Å². The van der Waals surface area contributed by atoms with Crippen molar-refractivity contribution in [2.24, 2.45) is 0 Å². The smallest absolute Gasteiger partial charge is 0.407 e. The summed E-state index contributed by atoms with van der Waals surface area (Å²) in [5.41, 5.74) is 1.30. The highest BCUT2D eigenvalue weighted by Gasteiger charge is 2.36. The number of amides is 1. The Labute approximate surface area is 187 Å². The van der Waals surface area contributed by atoms with Crippen LogP contribution >= 0.6 is 11.6 Å². The van der Waals surface area contributed by atoms with Crippen molar-refractivity contribution < 1.29 is 28.9 Å². The fraction of sp³-hybridized carbons (Fsp3) is 0.273. The second-order valence-electron chi connectivity index (χ2n) is 7.65. The van der Waals surface area contributed by atoms with E-state index in [0.29, 0.717) is 42.9 Å². The summed E-state index contributed by atoms with van der Waals surface area (Å²) in [6.07, 6.45) is 0.605. The molecule has 0 radical (unpaired) electrons. The SMILES string of the molecule is COc1c(-c2c(O)cccc2F)c(Cl)cc2c3c(cnc12)OC[C@H]1CN(C(=O)O)CCN31. The molecular formula is C22H19ClFN3O5. The molecule has 5 rings (SSSR count). The van der Waals surface area contributed by atoms with Crippen molar-refractivity contribution in [2.45, 2.75) is 6.04 Å². The van der Waals surface area contributed by atoms with Crippen molar-refractivity contribution in [3.63, 3.8) is 0 Å². The van der Waals surface area contributed by atoms with E-state index >= 15 is 0 Å². The van der Waals surface area contributed by atoms with E-state index in [-0.39, 0.29) is 33.7 Å². The van der Waals surface area contributed by atoms with Crippen LogP contribution in [-0.2, 0) is 0 Å². The molecule has 0 saturated carbocycles. The van der Waals surface area contributed by atoms with Crippen LogP contribution in [0.4, 0.5) is 14.9 Å². The number of piperazine rings is 1. The van der Waals surface area contributed by atoms with E-state index in [9.17, 15) is 19.4 Å². The third kappa shape index (κ3) is 3.03. The molecule has 0 spiro atoms. The van der Waals surface area contributed by atoms with Gasteiger partial charge in [0.2, 0.25) is 0 Å². The Hall–Kier alpha value is -3.46. The molecule has 1 saturated heterocycles. The maximum absolute atomic E-state index is 14.7. The lowest BCUT2D eigenvalue weighted by Crippen LogP contribution is -2.58. The Morgan fingerprint density at radius 2 is 2.16 bits per heavy atom. The number of anilines is 1. The molecule has 2 N–H and O–H groups in total. The van der Waals surface area contributed by atoms with Crippen molar-refractivity contribution in [1.29, 1.82) is 0 Å². The average molecular weight is 460 g/mol. The van der Waals surface area contributed by atoms with E-state index in [4.69, 9.17) is 21.1 Å². The minimum atomic E-state index is -0.964. The van der Waals surface area contributed by atoms with Gasteiger partial charge >= 0.3 is 6.09 Å². The number of aromatic nitrogens is 1. The Balaban J connectivity index is 1.72. The second kappa shape index (κ2) is 7.59. The van der Waals surface area contributed by atoms with Crippen molar-refractivity contribution in [2.75, 3.05) is 38.3 Å². The number of hydrogen-bond acceptors (Lipinski definition) is 6. The predicted octanol–water partition coefficient (Wildman–Crippen LogP) is 3.97. The molecule has 2 aromatic carbocycles. The predicted molar refractivity (Wildman–Crippen MR) is 117 cm³/mol. The van der Waals surface area contributed by atoms with Crippen LogP contribution in [-0.4, -0.2) is 65.6 Å². The Bertz CT molecular complexity index is 1230. The van der Waals surface area contributed by atoms with Gasteiger partial charge in [-0.15, -0.1) is 0 Å². The van der Waals surface area contributed by atoms with Crippen molar-refractivity contribution in [3.8, 4) is 28.4 Å². The lowest BCUT2D eigenvalue weighted by Gasteiger charge is -2.45. The average Bonchev–Trinajstić information content (AvgIpc) is 2.78. The number of phenols is 1. The highest BCUT2D eigenvalue weighted by Crippen LogP contribution is 2.49. The van der Waals surface area contributed by atoms with Gasteiger partial charge in [0.05, 0.1) is 41.2 Å². The molecule has 10 heteroatoms. The zero-order valence-corrected chi connectivity index (χ0v) is 17.8. The molecule has 1 aromatic heterocycles. The minimum Gasteiger partial charge on any atom is -0.507 e. The Morgan fingerprint density at radius 3 is 2.88 bits per heavy atom. The van der Waals surface area contributed by atoms with E-state index < -0.39 is 11.9 Å². The summed E-state index contributed by atoms with van der Waals surface area (Å²) in [6.45, 7) is 1.46. The lowest BCUT2D eigenvalue weighted by molar-refractivity contribution is 0.123. The normalized spacial score (nSPS) is 17.5. The van der Waals surface area contributed by atoms with Crippen LogP contribution < -0.4 is 14.4 Å². The summed E-state index contributed by atoms with van der Waals surface area (Å²) in [5.74, 6) is -0.134. The van der Waals surface area contributed by atoms with Gasteiger partial charge in [-0.25, -0.2) is 14.2 Å². The summed E-state index contributed by atoms with van der Waals surface area (Å²) in [6, 6.07) is 5.49. The number of halogens is 2. The van der Waals surface area contributed by atoms with E-state index in [1.165, 1.54) is 30.2 Å². The van der Waals surface area contributed by atoms with Crippen LogP contribution in [0.3, 0.4) is 0 Å². The van der Waals surface area contributed by atoms with E-state index in [1.54, 1.807) is 12.3 Å². The zero-order valence-electron chi connectivity index (χ0n) is 17.0. The van der Waals surface area contributed by atoms with Gasteiger partial charge in [0.1, 0.15) is 23.7 Å². The van der Waals surface area contributed by atoms with Crippen LogP contribution in [0.5, 0.6) is 17.2 Å². The van der Waals surface area contributed by atoms with E-state index in [2.05, 4.69) is 9.88 Å². The summed E-state index contributed by atoms with van der Waals surface area (Å²) >= 11 is 6.62. The first-order valence-electron chi connectivity index (χ1n) is 9.95. The monoisotopic (exact) mass is 459 g/mol. The molecule has 1 amide bonds. The summed E-state index contributed by atoms with van der Waals surface area (Å²) in [7, 11) is 1.43. The van der Waals surface area contributed by atoms with Gasteiger partial charge in [-0.05, 0) is 18.2 Å². The van der Waals surface area contributed by atoms with Crippen molar-refractivity contribution >= 4 is 34.3 Å². The summed E-state index contributed by atoms with van der Waals surface area (Å²) in [5, 5.41) is 20.5. The number of fused-ring (bicyclic) bond motifs is 5. The van der Waals surface area contributed by atoms with Gasteiger partial charge < -0.3 is 29.5 Å². The van der Waals surface area contributed by atoms with Crippen LogP contribution in [0.1, 0.15) is 0 Å². The fourth-order valence-corrected chi connectivity index (χ4v) is 4.78. The molecule has 3 aromatic rings. The maximum Gasteiger partial charge on any atom is 0.407 e. The molecular weight excluding hydrogens is 441 g/mol. The number of ether oxygens (including phenoxy) is 2. The standard InChI is InChI=1S/C22H19ClFN3O5/c1-31-21-17(18-14(24)3-2-4-15(18)28)13(23)7-12-19(21)25-8-16-20(12)27-6-5-26(22(29)30)9-11(27)10-32-16/h2-4,7-8,11,28H,5-6,9-10H2,1H3,(H,29,30)/t11-/m1/s1. The summed E-state index contributed by atoms with van der Waals surface area (Å²) in [4.78, 5) is 19.4. The molecule has 32 heavy (non-hydrogen) atoms. The number of rotatable bonds is 2. The van der Waals surface area contributed by atoms with E-state index in [0.717, 1.165) is 5.69 Å². The van der Waals surface area contributed by atoms with Gasteiger partial charge in [-0.1, -0.05) is 17.7 Å². The number of carboxylic acid groups (broad SMARTS) is 1. The fourth-order valence-electron chi connectivity index (χ4n) is 4.49. The van der Waals surface area contributed by atoms with Gasteiger partial charge in [-0.2, -0.15) is 0 Å². The first-order chi connectivity index (χ1) is 15.4. The molecule has 0 aliphatic carbocycles. The number of pyridine rings is 1. The minimum absolute atomic E-state index is 0.0695. The third-order valence-electron chi connectivity index (χ3n) is 5.92. The van der Waals surface area contributed by atoms with Crippen LogP contribution in [0.15, 0.2) is 30.5 Å². The molecule has 1 atom stereocenters. The number of nitrogens with zero attached hydrogens (tertiary/aromatic N) is 3. The quantitative estimate of drug-likeness (QED) is 0.598. The number of benzene rings is 2. The molecule has 0 unspecified atom stereocenters. The lowest BCUT2D eigenvalue weighted by atomic mass is 9.98. The third-order valence-corrected chi connectivity index (χ3v) is 6.22. The number of hydrogen-bond donors (Lipinski definition) is 2. The van der Waals surface area contributed by atoms with Crippen LogP contribution in [0.25, 0.3) is 22.0 Å². The maximum atomic E-state index is 14.7. The highest BCUT2D eigenvalue weighted by atomic mass is 35.5. The van der Waals surface area contributed by atoms with E-state index in [1.807, 2.05) is 0 Å². The molecule has 0 bridgehead atoms. The molecule has 3 heterocycles. The Morgan fingerprint density at radius 1 is 1.34 bits per heavy atom. The van der Waals surface area contributed by atoms with Crippen molar-refractivity contribution in [3.05, 3.63) is 41.3 Å². The molecule has 8 nitrogen and oxygen atoms in total. The Kier molecular flexibility index (Phi) is 4.85. The highest BCUT2D eigenvalue weighted by molar-refractivity contribution is 6.35. The largest absolute Gasteiger partial charge is 0.507 e. The molecule has 1 fully saturated rings. The first kappa shape index (κ1) is 20.4. The first-order valence-corrected chi connectivity index (χ1v) is 10.3. The van der Waals surface area contributed by atoms with Crippen molar-refractivity contribution in [1.82, 2.24) is 9.88 Å². The number of aromatic hydroxyl groups is 1. The van der Waals surface area contributed by atoms with Gasteiger partial charge in [0.25, 0.3) is 0 Å².